The van der Waals surface area contributed by atoms with Crippen molar-refractivity contribution in [3.63, 3.8) is 0 Å². The van der Waals surface area contributed by atoms with E-state index in [4.69, 9.17) is 5.10 Å². The Morgan fingerprint density at radius 1 is 0.971 bits per heavy atom. The van der Waals surface area contributed by atoms with Crippen molar-refractivity contribution in [3.05, 3.63) is 72.9 Å². The summed E-state index contributed by atoms with van der Waals surface area (Å²) in [5.74, 6) is 0.489. The summed E-state index contributed by atoms with van der Waals surface area (Å²) >= 11 is 0. The molecule has 1 aliphatic heterocycles. The van der Waals surface area contributed by atoms with E-state index in [0.29, 0.717) is 45.9 Å². The molecule has 8 nitrogen and oxygen atoms in total. The van der Waals surface area contributed by atoms with E-state index < -0.39 is 9.84 Å². The highest BCUT2D eigenvalue weighted by Crippen LogP contribution is 2.36. The number of hydrogen-bond acceptors (Lipinski definition) is 6. The summed E-state index contributed by atoms with van der Waals surface area (Å²) in [6.07, 6.45) is 3.75. The molecule has 0 aliphatic carbocycles. The predicted octanol–water partition coefficient (Wildman–Crippen LogP) is 4.05. The Morgan fingerprint density at radius 2 is 1.76 bits per heavy atom. The smallest absolute Gasteiger partial charge is 0.181 e. The van der Waals surface area contributed by atoms with Gasteiger partial charge in [0.05, 0.1) is 17.5 Å². The fourth-order valence-corrected chi connectivity index (χ4v) is 6.03. The van der Waals surface area contributed by atoms with Crippen LogP contribution in [0.25, 0.3) is 45.1 Å². The molecule has 4 heterocycles. The summed E-state index contributed by atoms with van der Waals surface area (Å²) in [5, 5.41) is 4.74. The molecule has 1 atom stereocenters. The number of benzene rings is 2. The van der Waals surface area contributed by atoms with Crippen LogP contribution in [0.15, 0.2) is 67.1 Å². The Balaban J connectivity index is 1.53. The second-order valence-corrected chi connectivity index (χ2v) is 10.5. The average molecular weight is 475 g/mol. The number of nitrogens with zero attached hydrogens (tertiary/aromatic N) is 5. The highest BCUT2D eigenvalue weighted by molar-refractivity contribution is 7.91. The predicted molar refractivity (Wildman–Crippen MR) is 126 cm³/mol. The molecule has 10 heteroatoms. The molecule has 5 aromatic rings. The molecule has 0 saturated carbocycles. The Morgan fingerprint density at radius 3 is 2.50 bits per heavy atom. The lowest BCUT2D eigenvalue weighted by atomic mass is 10.1. The first-order valence-electron chi connectivity index (χ1n) is 10.8. The van der Waals surface area contributed by atoms with E-state index in [1.54, 1.807) is 16.8 Å². The van der Waals surface area contributed by atoms with Crippen molar-refractivity contribution >= 4 is 21.0 Å². The van der Waals surface area contributed by atoms with Gasteiger partial charge in [0.2, 0.25) is 0 Å². The summed E-state index contributed by atoms with van der Waals surface area (Å²) in [4.78, 5) is 16.8. The first kappa shape index (κ1) is 20.7. The lowest BCUT2D eigenvalue weighted by Crippen LogP contribution is -2.11. The number of halogens is 1. The van der Waals surface area contributed by atoms with Gasteiger partial charge in [0.15, 0.2) is 15.5 Å². The molecule has 1 fully saturated rings. The highest BCUT2D eigenvalue weighted by Gasteiger charge is 2.31. The number of sulfone groups is 1. The lowest BCUT2D eigenvalue weighted by Gasteiger charge is -2.07. The van der Waals surface area contributed by atoms with Crippen LogP contribution in [0.1, 0.15) is 12.5 Å². The second kappa shape index (κ2) is 7.84. The third kappa shape index (κ3) is 3.65. The molecule has 0 radical (unpaired) electrons. The SMILES string of the molecule is O=S1(=O)CCC(n2cc(-c3ncnc4nc(-c5ccccc5)[nH]c34)c(-c3ccc(F)cc3)n2)C1. The zero-order valence-corrected chi connectivity index (χ0v) is 18.7. The minimum absolute atomic E-state index is 0.0401. The minimum Gasteiger partial charge on any atom is -0.335 e. The van der Waals surface area contributed by atoms with Gasteiger partial charge in [-0.15, -0.1) is 0 Å². The van der Waals surface area contributed by atoms with Gasteiger partial charge in [-0.3, -0.25) is 4.68 Å². The molecule has 6 rings (SSSR count). The summed E-state index contributed by atoms with van der Waals surface area (Å²) in [6.45, 7) is 0. The quantitative estimate of drug-likeness (QED) is 0.421. The van der Waals surface area contributed by atoms with E-state index >= 15 is 0 Å². The average Bonchev–Trinajstić information content (AvgIpc) is 3.56. The third-order valence-electron chi connectivity index (χ3n) is 6.02. The van der Waals surface area contributed by atoms with Crippen molar-refractivity contribution < 1.29 is 12.8 Å². The molecule has 3 aromatic heterocycles. The van der Waals surface area contributed by atoms with Crippen LogP contribution in [-0.2, 0) is 9.84 Å². The zero-order chi connectivity index (χ0) is 23.3. The number of aromatic amines is 1. The van der Waals surface area contributed by atoms with Crippen LogP contribution >= 0.6 is 0 Å². The van der Waals surface area contributed by atoms with Gasteiger partial charge in [0.25, 0.3) is 0 Å². The van der Waals surface area contributed by atoms with E-state index in [1.807, 2.05) is 36.5 Å². The van der Waals surface area contributed by atoms with Crippen molar-refractivity contribution in [1.82, 2.24) is 29.7 Å². The number of fused-ring (bicyclic) bond motifs is 1. The summed E-state index contributed by atoms with van der Waals surface area (Å²) in [6, 6.07) is 15.5. The number of rotatable bonds is 4. The van der Waals surface area contributed by atoms with Crippen LogP contribution in [0.5, 0.6) is 0 Å². The van der Waals surface area contributed by atoms with Crippen molar-refractivity contribution in [2.45, 2.75) is 12.5 Å². The number of H-pyrrole nitrogens is 1. The first-order chi connectivity index (χ1) is 16.5. The maximum absolute atomic E-state index is 13.6. The van der Waals surface area contributed by atoms with Gasteiger partial charge < -0.3 is 4.98 Å². The number of imidazole rings is 1. The standard InChI is InChI=1S/C24H19FN6O2S/c25-17-8-6-15(7-9-17)20-19(12-31(30-20)18-10-11-34(32,33)13-18)21-22-24(27-14-26-21)29-23(28-22)16-4-2-1-3-5-16/h1-9,12,14,18H,10-11,13H2,(H,26,27,28,29). The van der Waals surface area contributed by atoms with E-state index in [0.717, 1.165) is 5.56 Å². The van der Waals surface area contributed by atoms with Gasteiger partial charge in [-0.25, -0.2) is 27.8 Å². The first-order valence-corrected chi connectivity index (χ1v) is 12.6. The molecule has 170 valence electrons. The van der Waals surface area contributed by atoms with E-state index in [2.05, 4.69) is 19.9 Å². The molecular formula is C24H19FN6O2S. The number of hydrogen-bond donors (Lipinski definition) is 1. The number of nitrogens with one attached hydrogen (secondary N) is 1. The van der Waals surface area contributed by atoms with Crippen molar-refractivity contribution in [3.8, 4) is 33.9 Å². The maximum Gasteiger partial charge on any atom is 0.181 e. The maximum atomic E-state index is 13.6. The van der Waals surface area contributed by atoms with Crippen LogP contribution < -0.4 is 0 Å². The van der Waals surface area contributed by atoms with Crippen LogP contribution in [0.4, 0.5) is 4.39 Å². The van der Waals surface area contributed by atoms with Crippen LogP contribution in [0, 0.1) is 5.82 Å². The largest absolute Gasteiger partial charge is 0.335 e. The van der Waals surface area contributed by atoms with Gasteiger partial charge in [0, 0.05) is 22.9 Å². The Bertz CT molecular complexity index is 1610. The van der Waals surface area contributed by atoms with Gasteiger partial charge in [0.1, 0.15) is 34.9 Å². The molecule has 1 aliphatic rings. The zero-order valence-electron chi connectivity index (χ0n) is 17.9. The van der Waals surface area contributed by atoms with Crippen LogP contribution in [0.3, 0.4) is 0 Å². The van der Waals surface area contributed by atoms with Crippen LogP contribution in [-0.4, -0.2) is 49.6 Å². The van der Waals surface area contributed by atoms with Crippen molar-refractivity contribution in [2.75, 3.05) is 11.5 Å². The normalized spacial score (nSPS) is 17.4. The van der Waals surface area contributed by atoms with Gasteiger partial charge in [-0.05, 0) is 30.7 Å². The third-order valence-corrected chi connectivity index (χ3v) is 7.77. The Labute approximate surface area is 194 Å². The highest BCUT2D eigenvalue weighted by atomic mass is 32.2. The molecule has 34 heavy (non-hydrogen) atoms. The fraction of sp³-hybridized carbons (Fsp3) is 0.167. The van der Waals surface area contributed by atoms with Crippen molar-refractivity contribution in [2.24, 2.45) is 0 Å². The Kier molecular flexibility index (Phi) is 4.77. The van der Waals surface area contributed by atoms with Crippen molar-refractivity contribution in [1.29, 1.82) is 0 Å². The molecular weight excluding hydrogens is 455 g/mol. The lowest BCUT2D eigenvalue weighted by molar-refractivity contribution is 0.501. The second-order valence-electron chi connectivity index (χ2n) is 8.31. The van der Waals surface area contributed by atoms with Gasteiger partial charge >= 0.3 is 0 Å². The molecule has 0 bridgehead atoms. The van der Waals surface area contributed by atoms with Gasteiger partial charge in [-0.1, -0.05) is 30.3 Å². The monoisotopic (exact) mass is 474 g/mol. The molecule has 1 saturated heterocycles. The van der Waals surface area contributed by atoms with E-state index in [9.17, 15) is 12.8 Å². The molecule has 1 unspecified atom stereocenters. The summed E-state index contributed by atoms with van der Waals surface area (Å²) < 4.78 is 39.5. The summed E-state index contributed by atoms with van der Waals surface area (Å²) in [5.41, 5.74) is 4.62. The molecule has 0 amide bonds. The van der Waals surface area contributed by atoms with Crippen LogP contribution in [0.2, 0.25) is 0 Å². The molecule has 2 aromatic carbocycles. The van der Waals surface area contributed by atoms with E-state index in [1.165, 1.54) is 18.5 Å². The molecule has 0 spiro atoms. The topological polar surface area (TPSA) is 106 Å². The van der Waals surface area contributed by atoms with E-state index in [-0.39, 0.29) is 23.4 Å². The van der Waals surface area contributed by atoms with Gasteiger partial charge in [-0.2, -0.15) is 5.10 Å². The molecule has 1 N–H and O–H groups in total. The minimum atomic E-state index is -3.10. The fourth-order valence-electron chi connectivity index (χ4n) is 4.32. The summed E-state index contributed by atoms with van der Waals surface area (Å²) in [7, 11) is -3.10. The Hall–Kier alpha value is -3.92. The number of aromatic nitrogens is 6.